The molecule has 9 nitrogen and oxygen atoms in total. The largest absolute Gasteiger partial charge is 0.497 e. The molecule has 2 rings (SSSR count). The van der Waals surface area contributed by atoms with E-state index in [9.17, 15) is 14.9 Å². The topological polar surface area (TPSA) is 112 Å². The molecule has 2 aromatic rings. The smallest absolute Gasteiger partial charge is 0.311 e. The first-order valence-electron chi connectivity index (χ1n) is 8.39. The lowest BCUT2D eigenvalue weighted by atomic mass is 10.1. The molecule has 1 N–H and O–H groups in total. The lowest BCUT2D eigenvalue weighted by molar-refractivity contribution is -0.385. The van der Waals surface area contributed by atoms with Crippen LogP contribution < -0.4 is 19.6 Å². The summed E-state index contributed by atoms with van der Waals surface area (Å²) >= 11 is 0. The van der Waals surface area contributed by atoms with Crippen molar-refractivity contribution in [2.45, 2.75) is 13.8 Å². The fourth-order valence-electron chi connectivity index (χ4n) is 2.41. The van der Waals surface area contributed by atoms with Gasteiger partial charge in [-0.25, -0.2) is 5.43 Å². The minimum Gasteiger partial charge on any atom is -0.497 e. The number of ether oxygens (including phenoxy) is 3. The molecule has 0 atom stereocenters. The first-order chi connectivity index (χ1) is 13.4. The Morgan fingerprint density at radius 2 is 1.89 bits per heavy atom. The van der Waals surface area contributed by atoms with E-state index in [1.54, 1.807) is 38.1 Å². The summed E-state index contributed by atoms with van der Waals surface area (Å²) in [7, 11) is 2.96. The van der Waals surface area contributed by atoms with Crippen LogP contribution in [0.2, 0.25) is 0 Å². The molecule has 0 aliphatic heterocycles. The Kier molecular flexibility index (Phi) is 6.91. The molecule has 0 aliphatic carbocycles. The molecule has 0 bridgehead atoms. The molecule has 0 unspecified atom stereocenters. The minimum atomic E-state index is -0.525. The Morgan fingerprint density at radius 1 is 1.14 bits per heavy atom. The summed E-state index contributed by atoms with van der Waals surface area (Å²) in [5.74, 6) is 0.575. The van der Waals surface area contributed by atoms with Crippen molar-refractivity contribution in [2.24, 2.45) is 5.10 Å². The van der Waals surface area contributed by atoms with E-state index in [0.717, 1.165) is 0 Å². The van der Waals surface area contributed by atoms with E-state index in [0.29, 0.717) is 29.4 Å². The highest BCUT2D eigenvalue weighted by Crippen LogP contribution is 2.28. The molecule has 0 aromatic heterocycles. The SMILES string of the molecule is CCOc1ccc(C(C)=NNC(=O)c2ccc(OC)cc2OC)cc1[N+](=O)[O-]. The number of nitrogens with one attached hydrogen (secondary N) is 1. The molecule has 1 amide bonds. The highest BCUT2D eigenvalue weighted by Gasteiger charge is 2.17. The molecule has 0 saturated heterocycles. The quantitative estimate of drug-likeness (QED) is 0.423. The van der Waals surface area contributed by atoms with E-state index < -0.39 is 10.8 Å². The number of benzene rings is 2. The molecule has 148 valence electrons. The van der Waals surface area contributed by atoms with Gasteiger partial charge in [0.05, 0.1) is 37.0 Å². The highest BCUT2D eigenvalue weighted by molar-refractivity contribution is 6.02. The third-order valence-corrected chi connectivity index (χ3v) is 3.85. The molecular weight excluding hydrogens is 366 g/mol. The third-order valence-electron chi connectivity index (χ3n) is 3.85. The zero-order chi connectivity index (χ0) is 20.7. The van der Waals surface area contributed by atoms with E-state index in [1.807, 2.05) is 0 Å². The Hall–Kier alpha value is -3.62. The fraction of sp³-hybridized carbons (Fsp3) is 0.263. The number of nitro benzene ring substituents is 1. The van der Waals surface area contributed by atoms with Gasteiger partial charge in [0.25, 0.3) is 5.91 Å². The zero-order valence-corrected chi connectivity index (χ0v) is 16.0. The predicted octanol–water partition coefficient (Wildman–Crippen LogP) is 3.16. The van der Waals surface area contributed by atoms with Gasteiger partial charge in [-0.3, -0.25) is 14.9 Å². The van der Waals surface area contributed by atoms with Crippen LogP contribution in [0.3, 0.4) is 0 Å². The molecule has 28 heavy (non-hydrogen) atoms. The normalized spacial score (nSPS) is 10.9. The maximum absolute atomic E-state index is 12.4. The molecule has 0 heterocycles. The van der Waals surface area contributed by atoms with Gasteiger partial charge in [0.2, 0.25) is 0 Å². The van der Waals surface area contributed by atoms with Crippen molar-refractivity contribution in [1.29, 1.82) is 0 Å². The first-order valence-corrected chi connectivity index (χ1v) is 8.39. The minimum absolute atomic E-state index is 0.169. The van der Waals surface area contributed by atoms with Crippen LogP contribution in [0.15, 0.2) is 41.5 Å². The standard InChI is InChI=1S/C19H21N3O6/c1-5-28-17-9-6-13(10-16(17)22(24)25)12(2)20-21-19(23)15-8-7-14(26-3)11-18(15)27-4/h6-11H,5H2,1-4H3,(H,21,23). The van der Waals surface area contributed by atoms with Gasteiger partial charge in [0, 0.05) is 17.7 Å². The van der Waals surface area contributed by atoms with Crippen molar-refractivity contribution < 1.29 is 23.9 Å². The van der Waals surface area contributed by atoms with E-state index in [4.69, 9.17) is 14.2 Å². The van der Waals surface area contributed by atoms with Crippen LogP contribution in [0.5, 0.6) is 17.2 Å². The number of hydrogen-bond acceptors (Lipinski definition) is 7. The average Bonchev–Trinajstić information content (AvgIpc) is 2.71. The van der Waals surface area contributed by atoms with Gasteiger partial charge in [-0.05, 0) is 38.1 Å². The van der Waals surface area contributed by atoms with Crippen LogP contribution >= 0.6 is 0 Å². The number of amides is 1. The van der Waals surface area contributed by atoms with Gasteiger partial charge >= 0.3 is 5.69 Å². The Labute approximate surface area is 162 Å². The van der Waals surface area contributed by atoms with Crippen molar-refractivity contribution in [2.75, 3.05) is 20.8 Å². The van der Waals surface area contributed by atoms with Crippen LogP contribution in [0.25, 0.3) is 0 Å². The predicted molar refractivity (Wildman–Crippen MR) is 103 cm³/mol. The van der Waals surface area contributed by atoms with Crippen molar-refractivity contribution >= 4 is 17.3 Å². The molecule has 2 aromatic carbocycles. The number of nitrogens with zero attached hydrogens (tertiary/aromatic N) is 2. The summed E-state index contributed by atoms with van der Waals surface area (Å²) in [6.07, 6.45) is 0. The summed E-state index contributed by atoms with van der Waals surface area (Å²) in [5.41, 5.74) is 3.41. The second-order valence-corrected chi connectivity index (χ2v) is 5.58. The number of rotatable bonds is 8. The van der Waals surface area contributed by atoms with Gasteiger partial charge in [-0.15, -0.1) is 0 Å². The van der Waals surface area contributed by atoms with E-state index in [1.165, 1.54) is 26.4 Å². The maximum atomic E-state index is 12.4. The van der Waals surface area contributed by atoms with Gasteiger partial charge in [-0.1, -0.05) is 0 Å². The average molecular weight is 387 g/mol. The second-order valence-electron chi connectivity index (χ2n) is 5.58. The Bertz CT molecular complexity index is 911. The van der Waals surface area contributed by atoms with Crippen molar-refractivity contribution in [1.82, 2.24) is 5.43 Å². The Morgan fingerprint density at radius 3 is 2.50 bits per heavy atom. The molecule has 0 spiro atoms. The molecule has 0 radical (unpaired) electrons. The van der Waals surface area contributed by atoms with Gasteiger partial charge in [0.1, 0.15) is 11.5 Å². The monoisotopic (exact) mass is 387 g/mol. The zero-order valence-electron chi connectivity index (χ0n) is 16.0. The number of nitro groups is 1. The van der Waals surface area contributed by atoms with Crippen LogP contribution in [0, 0.1) is 10.1 Å². The molecule has 0 saturated carbocycles. The third kappa shape index (κ3) is 4.76. The van der Waals surface area contributed by atoms with Crippen molar-refractivity contribution in [3.05, 3.63) is 57.6 Å². The summed E-state index contributed by atoms with van der Waals surface area (Å²) in [5, 5.41) is 15.3. The molecule has 9 heteroatoms. The van der Waals surface area contributed by atoms with Crippen LogP contribution in [-0.2, 0) is 0 Å². The van der Waals surface area contributed by atoms with Crippen molar-refractivity contribution in [3.8, 4) is 17.2 Å². The highest BCUT2D eigenvalue weighted by atomic mass is 16.6. The van der Waals surface area contributed by atoms with Crippen LogP contribution in [0.4, 0.5) is 5.69 Å². The fourth-order valence-corrected chi connectivity index (χ4v) is 2.41. The van der Waals surface area contributed by atoms with Crippen LogP contribution in [-0.4, -0.2) is 37.4 Å². The lowest BCUT2D eigenvalue weighted by Gasteiger charge is -2.10. The molecule has 0 aliphatic rings. The van der Waals surface area contributed by atoms with E-state index >= 15 is 0 Å². The lowest BCUT2D eigenvalue weighted by Crippen LogP contribution is -2.20. The van der Waals surface area contributed by atoms with Crippen molar-refractivity contribution in [3.63, 3.8) is 0 Å². The second kappa shape index (κ2) is 9.36. The molecule has 0 fully saturated rings. The number of hydrogen-bond donors (Lipinski definition) is 1. The van der Waals surface area contributed by atoms with Gasteiger partial charge in [0.15, 0.2) is 5.75 Å². The summed E-state index contributed by atoms with van der Waals surface area (Å²) in [6.45, 7) is 3.69. The summed E-state index contributed by atoms with van der Waals surface area (Å²) in [4.78, 5) is 23.1. The summed E-state index contributed by atoms with van der Waals surface area (Å²) < 4.78 is 15.6. The number of methoxy groups -OCH3 is 2. The van der Waals surface area contributed by atoms with Gasteiger partial charge < -0.3 is 14.2 Å². The van der Waals surface area contributed by atoms with E-state index in [2.05, 4.69) is 10.5 Å². The van der Waals surface area contributed by atoms with E-state index in [-0.39, 0.29) is 17.0 Å². The number of carbonyl (C=O) groups is 1. The number of hydrazone groups is 1. The first kappa shape index (κ1) is 20.7. The van der Waals surface area contributed by atoms with Crippen LogP contribution in [0.1, 0.15) is 29.8 Å². The molecular formula is C19H21N3O6. The summed E-state index contributed by atoms with van der Waals surface area (Å²) in [6, 6.07) is 9.26. The maximum Gasteiger partial charge on any atom is 0.311 e. The number of carbonyl (C=O) groups excluding carboxylic acids is 1. The Balaban J connectivity index is 2.23. The van der Waals surface area contributed by atoms with Gasteiger partial charge in [-0.2, -0.15) is 5.10 Å².